The van der Waals surface area contributed by atoms with Crippen molar-refractivity contribution < 1.29 is 4.74 Å². The van der Waals surface area contributed by atoms with Crippen LogP contribution in [0.3, 0.4) is 0 Å². The topological polar surface area (TPSA) is 81.0 Å². The predicted octanol–water partition coefficient (Wildman–Crippen LogP) is 1.73. The van der Waals surface area contributed by atoms with Crippen molar-refractivity contribution in [2.45, 2.75) is 19.8 Å². The maximum atomic E-state index is 11.7. The standard InChI is InChI=1S/C15H19N3O2/c1-2-20-13-8-4-3-7-12(13)15-17-11(6-5-9-16)10-14(19)18-15/h3-4,7-8,10H,2,5-6,9,16H2,1H3,(H,17,18,19). The zero-order valence-electron chi connectivity index (χ0n) is 11.6. The first-order valence-electron chi connectivity index (χ1n) is 6.77. The number of rotatable bonds is 6. The summed E-state index contributed by atoms with van der Waals surface area (Å²) in [6.07, 6.45) is 1.51. The van der Waals surface area contributed by atoms with Crippen molar-refractivity contribution in [1.29, 1.82) is 0 Å². The van der Waals surface area contributed by atoms with E-state index in [9.17, 15) is 4.79 Å². The van der Waals surface area contributed by atoms with Gasteiger partial charge in [-0.15, -0.1) is 0 Å². The van der Waals surface area contributed by atoms with Crippen LogP contribution in [0.2, 0.25) is 0 Å². The van der Waals surface area contributed by atoms with Crippen LogP contribution in [-0.2, 0) is 6.42 Å². The average Bonchev–Trinajstić information content (AvgIpc) is 2.45. The van der Waals surface area contributed by atoms with E-state index in [4.69, 9.17) is 10.5 Å². The highest BCUT2D eigenvalue weighted by Gasteiger charge is 2.09. The normalized spacial score (nSPS) is 10.5. The SMILES string of the molecule is CCOc1ccccc1-c1nc(CCCN)cc(=O)[nH]1. The molecule has 1 aromatic heterocycles. The second-order valence-corrected chi connectivity index (χ2v) is 4.41. The van der Waals surface area contributed by atoms with E-state index in [1.165, 1.54) is 6.07 Å². The highest BCUT2D eigenvalue weighted by atomic mass is 16.5. The van der Waals surface area contributed by atoms with Gasteiger partial charge in [0.15, 0.2) is 0 Å². The predicted molar refractivity (Wildman–Crippen MR) is 78.8 cm³/mol. The minimum Gasteiger partial charge on any atom is -0.493 e. The molecule has 5 nitrogen and oxygen atoms in total. The molecule has 0 aliphatic heterocycles. The van der Waals surface area contributed by atoms with Crippen LogP contribution in [0.5, 0.6) is 5.75 Å². The summed E-state index contributed by atoms with van der Waals surface area (Å²) in [5, 5.41) is 0. The van der Waals surface area contributed by atoms with E-state index in [0.717, 1.165) is 17.7 Å². The number of nitrogens with zero attached hydrogens (tertiary/aromatic N) is 1. The Labute approximate surface area is 117 Å². The van der Waals surface area contributed by atoms with Crippen LogP contribution in [0.1, 0.15) is 19.0 Å². The molecule has 3 N–H and O–H groups in total. The highest BCUT2D eigenvalue weighted by Crippen LogP contribution is 2.26. The van der Waals surface area contributed by atoms with Gasteiger partial charge in [-0.2, -0.15) is 0 Å². The van der Waals surface area contributed by atoms with Gasteiger partial charge < -0.3 is 15.5 Å². The molecule has 0 saturated carbocycles. The van der Waals surface area contributed by atoms with Gasteiger partial charge in [0, 0.05) is 11.8 Å². The van der Waals surface area contributed by atoms with Gasteiger partial charge in [0.05, 0.1) is 12.2 Å². The number of H-pyrrole nitrogens is 1. The molecule has 2 rings (SSSR count). The molecule has 0 spiro atoms. The van der Waals surface area contributed by atoms with E-state index in [0.29, 0.717) is 31.1 Å². The number of nitrogens with two attached hydrogens (primary N) is 1. The van der Waals surface area contributed by atoms with Crippen LogP contribution in [0.4, 0.5) is 0 Å². The molecule has 0 radical (unpaired) electrons. The number of nitrogens with one attached hydrogen (secondary N) is 1. The monoisotopic (exact) mass is 273 g/mol. The fraction of sp³-hybridized carbons (Fsp3) is 0.333. The molecule has 20 heavy (non-hydrogen) atoms. The maximum absolute atomic E-state index is 11.7. The molecule has 0 aliphatic carbocycles. The van der Waals surface area contributed by atoms with Crippen LogP contribution in [0.15, 0.2) is 35.1 Å². The fourth-order valence-electron chi connectivity index (χ4n) is 1.99. The maximum Gasteiger partial charge on any atom is 0.251 e. The summed E-state index contributed by atoms with van der Waals surface area (Å²) >= 11 is 0. The first kappa shape index (κ1) is 14.3. The summed E-state index contributed by atoms with van der Waals surface area (Å²) in [5.74, 6) is 1.25. The number of hydrogen-bond acceptors (Lipinski definition) is 4. The molecule has 0 atom stereocenters. The Hall–Kier alpha value is -2.14. The van der Waals surface area contributed by atoms with Crippen LogP contribution in [0.25, 0.3) is 11.4 Å². The Morgan fingerprint density at radius 2 is 2.15 bits per heavy atom. The summed E-state index contributed by atoms with van der Waals surface area (Å²) in [6, 6.07) is 9.05. The van der Waals surface area contributed by atoms with Gasteiger partial charge >= 0.3 is 0 Å². The molecule has 0 bridgehead atoms. The second-order valence-electron chi connectivity index (χ2n) is 4.41. The first-order chi connectivity index (χ1) is 9.74. The second kappa shape index (κ2) is 6.86. The van der Waals surface area contributed by atoms with Gasteiger partial charge in [-0.1, -0.05) is 12.1 Å². The van der Waals surface area contributed by atoms with E-state index < -0.39 is 0 Å². The van der Waals surface area contributed by atoms with Crippen molar-refractivity contribution in [1.82, 2.24) is 9.97 Å². The van der Waals surface area contributed by atoms with Gasteiger partial charge in [-0.3, -0.25) is 4.79 Å². The molecule has 2 aromatic rings. The number of benzene rings is 1. The third-order valence-corrected chi connectivity index (χ3v) is 2.87. The van der Waals surface area contributed by atoms with Crippen molar-refractivity contribution in [3.05, 3.63) is 46.4 Å². The lowest BCUT2D eigenvalue weighted by atomic mass is 10.1. The fourth-order valence-corrected chi connectivity index (χ4v) is 1.99. The molecular formula is C15H19N3O2. The summed E-state index contributed by atoms with van der Waals surface area (Å²) in [4.78, 5) is 19.0. The molecule has 0 amide bonds. The lowest BCUT2D eigenvalue weighted by Gasteiger charge is -2.10. The number of aryl methyl sites for hydroxylation is 1. The van der Waals surface area contributed by atoms with E-state index in [2.05, 4.69) is 9.97 Å². The molecular weight excluding hydrogens is 254 g/mol. The third-order valence-electron chi connectivity index (χ3n) is 2.87. The van der Waals surface area contributed by atoms with E-state index >= 15 is 0 Å². The lowest BCUT2D eigenvalue weighted by Crippen LogP contribution is -2.12. The number of aromatic nitrogens is 2. The first-order valence-corrected chi connectivity index (χ1v) is 6.77. The van der Waals surface area contributed by atoms with Crippen molar-refractivity contribution >= 4 is 0 Å². The van der Waals surface area contributed by atoms with Crippen LogP contribution < -0.4 is 16.0 Å². The molecule has 1 aromatic carbocycles. The minimum atomic E-state index is -0.159. The molecule has 0 saturated heterocycles. The van der Waals surface area contributed by atoms with Crippen molar-refractivity contribution in [2.75, 3.05) is 13.2 Å². The zero-order valence-corrected chi connectivity index (χ0v) is 11.6. The van der Waals surface area contributed by atoms with Gasteiger partial charge in [-0.25, -0.2) is 4.98 Å². The van der Waals surface area contributed by atoms with Gasteiger partial charge in [0.25, 0.3) is 5.56 Å². The van der Waals surface area contributed by atoms with E-state index in [1.807, 2.05) is 31.2 Å². The van der Waals surface area contributed by atoms with Gasteiger partial charge in [0.1, 0.15) is 11.6 Å². The number of aromatic amines is 1. The Balaban J connectivity index is 2.41. The summed E-state index contributed by atoms with van der Waals surface area (Å²) < 4.78 is 5.57. The van der Waals surface area contributed by atoms with Crippen LogP contribution in [-0.4, -0.2) is 23.1 Å². The average molecular weight is 273 g/mol. The summed E-state index contributed by atoms with van der Waals surface area (Å²) in [5.41, 5.74) is 6.88. The van der Waals surface area contributed by atoms with Gasteiger partial charge in [0.2, 0.25) is 0 Å². The number of para-hydroxylation sites is 1. The smallest absolute Gasteiger partial charge is 0.251 e. The molecule has 1 heterocycles. The van der Waals surface area contributed by atoms with Crippen molar-refractivity contribution in [3.63, 3.8) is 0 Å². The number of ether oxygens (including phenoxy) is 1. The molecule has 0 aliphatic rings. The Morgan fingerprint density at radius 3 is 2.90 bits per heavy atom. The Bertz CT molecular complexity index is 623. The van der Waals surface area contributed by atoms with Crippen LogP contribution in [0, 0.1) is 0 Å². The Kier molecular flexibility index (Phi) is 4.90. The van der Waals surface area contributed by atoms with E-state index in [-0.39, 0.29) is 5.56 Å². The lowest BCUT2D eigenvalue weighted by molar-refractivity contribution is 0.341. The third kappa shape index (κ3) is 3.45. The molecule has 0 unspecified atom stereocenters. The molecule has 0 fully saturated rings. The zero-order chi connectivity index (χ0) is 14.4. The van der Waals surface area contributed by atoms with Crippen LogP contribution >= 0.6 is 0 Å². The summed E-state index contributed by atoms with van der Waals surface area (Å²) in [7, 11) is 0. The molecule has 106 valence electrons. The van der Waals surface area contributed by atoms with Gasteiger partial charge in [-0.05, 0) is 38.4 Å². The van der Waals surface area contributed by atoms with E-state index in [1.54, 1.807) is 0 Å². The quantitative estimate of drug-likeness (QED) is 0.839. The highest BCUT2D eigenvalue weighted by molar-refractivity contribution is 5.63. The minimum absolute atomic E-state index is 0.159. The largest absolute Gasteiger partial charge is 0.493 e. The number of hydrogen-bond donors (Lipinski definition) is 2. The van der Waals surface area contributed by atoms with Crippen molar-refractivity contribution in [2.24, 2.45) is 5.73 Å². The Morgan fingerprint density at radius 1 is 1.35 bits per heavy atom. The van der Waals surface area contributed by atoms with Crippen molar-refractivity contribution in [3.8, 4) is 17.1 Å². The molecule has 5 heteroatoms. The summed E-state index contributed by atoms with van der Waals surface area (Å²) in [6.45, 7) is 3.07.